The summed E-state index contributed by atoms with van der Waals surface area (Å²) in [5.41, 5.74) is 5.15. The molecular weight excluding hydrogens is 318 g/mol. The molecule has 1 aromatic heterocycles. The van der Waals surface area contributed by atoms with Gasteiger partial charge in [0, 0.05) is 0 Å². The van der Waals surface area contributed by atoms with Gasteiger partial charge in [-0.1, -0.05) is 66.7 Å². The largest absolute Gasteiger partial charge is 0.318 e. The first-order chi connectivity index (χ1) is 12.7. The Hall–Kier alpha value is -3.38. The summed E-state index contributed by atoms with van der Waals surface area (Å²) in [6.45, 7) is 9.48. The molecule has 0 fully saturated rings. The quantitative estimate of drug-likeness (QED) is 0.444. The van der Waals surface area contributed by atoms with Gasteiger partial charge in [0.2, 0.25) is 0 Å². The summed E-state index contributed by atoms with van der Waals surface area (Å²) >= 11 is 0. The van der Waals surface area contributed by atoms with Crippen LogP contribution in [0.4, 0.5) is 5.69 Å². The third-order valence-electron chi connectivity index (χ3n) is 5.58. The highest BCUT2D eigenvalue weighted by atomic mass is 15.2. The summed E-state index contributed by atoms with van der Waals surface area (Å²) in [5, 5.41) is 0. The van der Waals surface area contributed by atoms with Crippen molar-refractivity contribution in [2.75, 3.05) is 0 Å². The maximum absolute atomic E-state index is 7.20. The van der Waals surface area contributed by atoms with E-state index in [1.54, 1.807) is 0 Å². The maximum Gasteiger partial charge on any atom is 0.187 e. The van der Waals surface area contributed by atoms with Gasteiger partial charge in [-0.25, -0.2) is 9.83 Å². The minimum Gasteiger partial charge on any atom is -0.318 e. The van der Waals surface area contributed by atoms with Crippen molar-refractivity contribution in [1.82, 2.24) is 9.55 Å². The second-order valence-electron chi connectivity index (χ2n) is 6.97. The van der Waals surface area contributed by atoms with E-state index in [9.17, 15) is 0 Å². The summed E-state index contributed by atoms with van der Waals surface area (Å²) in [5.74, 6) is 1.10. The van der Waals surface area contributed by atoms with Crippen molar-refractivity contribution in [3.8, 4) is 0 Å². The van der Waals surface area contributed by atoms with Gasteiger partial charge in [-0.05, 0) is 30.2 Å². The molecule has 124 valence electrons. The molecule has 4 aromatic rings. The predicted octanol–water partition coefficient (Wildman–Crippen LogP) is 5.50. The molecule has 3 aromatic carbocycles. The Morgan fingerprint density at radius 1 is 0.923 bits per heavy atom. The van der Waals surface area contributed by atoms with E-state index < -0.39 is 0 Å². The lowest BCUT2D eigenvalue weighted by Crippen LogP contribution is -2.48. The van der Waals surface area contributed by atoms with Crippen molar-refractivity contribution in [2.45, 2.75) is 18.4 Å². The number of aromatic nitrogens is 2. The van der Waals surface area contributed by atoms with Crippen LogP contribution in [0.1, 0.15) is 29.9 Å². The number of fused-ring (bicyclic) bond motifs is 3. The average molecular weight is 335 g/mol. The summed E-state index contributed by atoms with van der Waals surface area (Å²) in [7, 11) is 0. The molecule has 0 radical (unpaired) electrons. The molecule has 1 aliphatic rings. The maximum atomic E-state index is 7.20. The van der Waals surface area contributed by atoms with E-state index in [2.05, 4.69) is 70.9 Å². The molecule has 2 atom stereocenters. The second kappa shape index (κ2) is 5.31. The van der Waals surface area contributed by atoms with Gasteiger partial charge >= 0.3 is 0 Å². The Labute approximate surface area is 152 Å². The van der Waals surface area contributed by atoms with E-state index in [4.69, 9.17) is 11.6 Å². The first kappa shape index (κ1) is 14.9. The molecule has 0 N–H and O–H groups in total. The lowest BCUT2D eigenvalue weighted by Gasteiger charge is -2.48. The van der Waals surface area contributed by atoms with Gasteiger partial charge in [-0.15, -0.1) is 0 Å². The third-order valence-corrected chi connectivity index (χ3v) is 5.58. The lowest BCUT2D eigenvalue weighted by atomic mass is 9.67. The molecule has 26 heavy (non-hydrogen) atoms. The van der Waals surface area contributed by atoms with E-state index in [-0.39, 0.29) is 11.5 Å². The summed E-state index contributed by atoms with van der Waals surface area (Å²) < 4.78 is 2.34. The van der Waals surface area contributed by atoms with Crippen molar-refractivity contribution in [2.24, 2.45) is 0 Å². The number of hydrogen-bond acceptors (Lipinski definition) is 1. The Kier molecular flexibility index (Phi) is 3.05. The van der Waals surface area contributed by atoms with Gasteiger partial charge < -0.3 is 4.57 Å². The van der Waals surface area contributed by atoms with Crippen LogP contribution in [0.5, 0.6) is 0 Å². The van der Waals surface area contributed by atoms with Gasteiger partial charge in [-0.3, -0.25) is 0 Å². The Balaban J connectivity index is 1.77. The normalized spacial score (nSPS) is 21.0. The molecule has 0 saturated carbocycles. The first-order valence-corrected chi connectivity index (χ1v) is 8.74. The lowest BCUT2D eigenvalue weighted by molar-refractivity contribution is 0.276. The zero-order valence-electron chi connectivity index (χ0n) is 14.4. The van der Waals surface area contributed by atoms with Gasteiger partial charge in [0.15, 0.2) is 5.69 Å². The Morgan fingerprint density at radius 2 is 1.62 bits per heavy atom. The molecule has 0 bridgehead atoms. The van der Waals surface area contributed by atoms with Crippen molar-refractivity contribution < 1.29 is 0 Å². The van der Waals surface area contributed by atoms with E-state index in [0.29, 0.717) is 5.69 Å². The molecule has 0 spiro atoms. The highest BCUT2D eigenvalue weighted by Crippen LogP contribution is 2.54. The van der Waals surface area contributed by atoms with Crippen molar-refractivity contribution >= 4 is 16.7 Å². The van der Waals surface area contributed by atoms with Crippen LogP contribution >= 0.6 is 0 Å². The van der Waals surface area contributed by atoms with Crippen LogP contribution in [-0.2, 0) is 5.41 Å². The molecule has 3 heteroatoms. The van der Waals surface area contributed by atoms with Crippen molar-refractivity contribution in [1.29, 1.82) is 0 Å². The second-order valence-corrected chi connectivity index (χ2v) is 6.97. The molecular formula is C23H17N3. The zero-order valence-corrected chi connectivity index (χ0v) is 14.4. The topological polar surface area (TPSA) is 22.2 Å². The highest BCUT2D eigenvalue weighted by Gasteiger charge is 2.52. The number of nitrogens with zero attached hydrogens (tertiary/aromatic N) is 3. The van der Waals surface area contributed by atoms with E-state index >= 15 is 0 Å². The van der Waals surface area contributed by atoms with Crippen LogP contribution in [0, 0.1) is 6.57 Å². The summed E-state index contributed by atoms with van der Waals surface area (Å²) in [6, 6.07) is 27.0. The Bertz CT molecular complexity index is 1150. The summed E-state index contributed by atoms with van der Waals surface area (Å²) in [4.78, 5) is 8.48. The van der Waals surface area contributed by atoms with Crippen LogP contribution in [0.2, 0.25) is 0 Å². The predicted molar refractivity (Wildman–Crippen MR) is 103 cm³/mol. The smallest absolute Gasteiger partial charge is 0.187 e. The number of imidazole rings is 1. The fourth-order valence-electron chi connectivity index (χ4n) is 4.27. The monoisotopic (exact) mass is 335 g/mol. The van der Waals surface area contributed by atoms with E-state index in [1.165, 1.54) is 11.1 Å². The highest BCUT2D eigenvalue weighted by molar-refractivity contribution is 5.79. The molecule has 5 rings (SSSR count). The minimum absolute atomic E-state index is 0.159. The fourth-order valence-corrected chi connectivity index (χ4v) is 4.27. The molecule has 1 aliphatic heterocycles. The average Bonchev–Trinajstić information content (AvgIpc) is 3.05. The van der Waals surface area contributed by atoms with Crippen LogP contribution in [-0.4, -0.2) is 9.55 Å². The number of para-hydroxylation sites is 2. The van der Waals surface area contributed by atoms with Gasteiger partial charge in [0.1, 0.15) is 5.82 Å². The third kappa shape index (κ3) is 1.84. The zero-order chi connectivity index (χ0) is 17.7. The molecule has 0 aliphatic carbocycles. The fraction of sp³-hybridized carbons (Fsp3) is 0.130. The van der Waals surface area contributed by atoms with Crippen molar-refractivity contribution in [3.63, 3.8) is 0 Å². The van der Waals surface area contributed by atoms with Crippen molar-refractivity contribution in [3.05, 3.63) is 107 Å². The van der Waals surface area contributed by atoms with Crippen LogP contribution in [0.3, 0.4) is 0 Å². The van der Waals surface area contributed by atoms with Gasteiger partial charge in [0.05, 0.1) is 29.1 Å². The Morgan fingerprint density at radius 3 is 2.35 bits per heavy atom. The SMILES string of the molecule is [C-]#[N+]c1ccc([C@@H]2n3c(nc4ccccc43)[C@@]2(C)c2ccccc2)cc1. The van der Waals surface area contributed by atoms with Crippen LogP contribution in [0.25, 0.3) is 15.9 Å². The standard InChI is InChI=1S/C23H17N3/c1-23(17-8-4-3-5-9-17)21(16-12-14-18(24-2)15-13-16)26-20-11-7-6-10-19(20)25-22(23)26/h3-15,21H,1H3/t21-,23-/m0/s1. The summed E-state index contributed by atoms with van der Waals surface area (Å²) in [6.07, 6.45) is 0. The van der Waals surface area contributed by atoms with E-state index in [0.717, 1.165) is 16.9 Å². The van der Waals surface area contributed by atoms with Crippen LogP contribution < -0.4 is 0 Å². The van der Waals surface area contributed by atoms with E-state index in [1.807, 2.05) is 24.3 Å². The van der Waals surface area contributed by atoms with Gasteiger partial charge in [-0.2, -0.15) is 0 Å². The van der Waals surface area contributed by atoms with Gasteiger partial charge in [0.25, 0.3) is 0 Å². The number of hydrogen-bond donors (Lipinski definition) is 0. The molecule has 0 amide bonds. The molecule has 0 unspecified atom stereocenters. The molecule has 3 nitrogen and oxygen atoms in total. The van der Waals surface area contributed by atoms with Crippen LogP contribution in [0.15, 0.2) is 78.9 Å². The molecule has 0 saturated heterocycles. The first-order valence-electron chi connectivity index (χ1n) is 8.74. The minimum atomic E-state index is -0.195. The number of benzene rings is 3. The molecule has 2 heterocycles. The number of rotatable bonds is 2.